The Bertz CT molecular complexity index is 1540. The first-order valence-corrected chi connectivity index (χ1v) is 16.1. The van der Waals surface area contributed by atoms with E-state index in [4.69, 9.17) is 10.1 Å². The smallest absolute Gasteiger partial charge is 0.254 e. The lowest BCUT2D eigenvalue weighted by Gasteiger charge is -2.47. The largest absolute Gasteiger partial charge is 0.296 e. The Morgan fingerprint density at radius 1 is 1.10 bits per heavy atom. The number of rotatable bonds is 6. The van der Waals surface area contributed by atoms with Crippen LogP contribution in [0, 0.1) is 17.3 Å². The first-order valence-electron chi connectivity index (χ1n) is 16.1. The van der Waals surface area contributed by atoms with Crippen molar-refractivity contribution >= 4 is 5.57 Å². The number of likely N-dealkylation sites (tertiary alicyclic amines) is 1. The molecule has 3 aliphatic rings. The quantitative estimate of drug-likeness (QED) is 0.317. The highest BCUT2D eigenvalue weighted by molar-refractivity contribution is 5.82. The zero-order valence-electron chi connectivity index (χ0n) is 26.8. The predicted molar refractivity (Wildman–Crippen MR) is 172 cm³/mol. The highest BCUT2D eigenvalue weighted by atomic mass is 16.1. The van der Waals surface area contributed by atoms with Gasteiger partial charge in [-0.3, -0.25) is 18.9 Å². The van der Waals surface area contributed by atoms with Gasteiger partial charge >= 0.3 is 0 Å². The molecular weight excluding hydrogens is 518 g/mol. The molecule has 4 heterocycles. The number of benzene rings is 1. The van der Waals surface area contributed by atoms with Crippen molar-refractivity contribution in [2.45, 2.75) is 105 Å². The third-order valence-corrected chi connectivity index (χ3v) is 10.1. The molecule has 6 rings (SSSR count). The molecule has 1 atom stereocenters. The van der Waals surface area contributed by atoms with E-state index in [1.54, 1.807) is 6.07 Å². The highest BCUT2D eigenvalue weighted by Crippen LogP contribution is 2.40. The Labute approximate surface area is 251 Å². The van der Waals surface area contributed by atoms with Crippen LogP contribution in [0.2, 0.25) is 0 Å². The van der Waals surface area contributed by atoms with Crippen LogP contribution in [-0.4, -0.2) is 42.9 Å². The van der Waals surface area contributed by atoms with Gasteiger partial charge in [0.25, 0.3) is 5.56 Å². The molecule has 6 heteroatoms. The summed E-state index contributed by atoms with van der Waals surface area (Å²) >= 11 is 0. The number of fused-ring (bicyclic) bond motifs is 2. The number of aryl methyl sites for hydroxylation is 1. The molecule has 0 amide bonds. The SMILES string of the molecule is CC(C)CCC1Cc2nc(C3=CCCCc4ccc(-c5cnn(C6CN(C(C)(C)C)C6)c5)cc43)cc(=O)n2CC1(C)C. The van der Waals surface area contributed by atoms with Gasteiger partial charge in [0.05, 0.1) is 17.9 Å². The average molecular weight is 568 g/mol. The second-order valence-corrected chi connectivity index (χ2v) is 15.2. The average Bonchev–Trinajstić information content (AvgIpc) is 3.25. The van der Waals surface area contributed by atoms with Crippen molar-refractivity contribution < 1.29 is 0 Å². The number of hydrogen-bond donors (Lipinski definition) is 0. The fourth-order valence-corrected chi connectivity index (χ4v) is 7.05. The molecule has 224 valence electrons. The van der Waals surface area contributed by atoms with E-state index >= 15 is 0 Å². The normalized spacial score (nSPS) is 21.0. The van der Waals surface area contributed by atoms with E-state index in [9.17, 15) is 4.79 Å². The zero-order chi connectivity index (χ0) is 29.8. The van der Waals surface area contributed by atoms with E-state index in [1.807, 2.05) is 10.8 Å². The van der Waals surface area contributed by atoms with Crippen LogP contribution in [-0.2, 0) is 19.4 Å². The summed E-state index contributed by atoms with van der Waals surface area (Å²) in [5.41, 5.74) is 7.18. The van der Waals surface area contributed by atoms with E-state index in [0.29, 0.717) is 17.9 Å². The van der Waals surface area contributed by atoms with Gasteiger partial charge in [-0.05, 0) is 86.5 Å². The van der Waals surface area contributed by atoms with Crippen LogP contribution in [0.5, 0.6) is 0 Å². The second kappa shape index (κ2) is 10.9. The zero-order valence-corrected chi connectivity index (χ0v) is 26.8. The number of nitrogens with zero attached hydrogens (tertiary/aromatic N) is 5. The first kappa shape index (κ1) is 29.1. The summed E-state index contributed by atoms with van der Waals surface area (Å²) < 4.78 is 4.09. The molecule has 1 fully saturated rings. The molecule has 0 bridgehead atoms. The summed E-state index contributed by atoms with van der Waals surface area (Å²) in [6.07, 6.45) is 12.9. The summed E-state index contributed by atoms with van der Waals surface area (Å²) in [5, 5.41) is 4.76. The molecule has 0 N–H and O–H groups in total. The fourth-order valence-electron chi connectivity index (χ4n) is 7.05. The third-order valence-electron chi connectivity index (χ3n) is 10.1. The molecular formula is C36H49N5O. The lowest BCUT2D eigenvalue weighted by atomic mass is 9.71. The van der Waals surface area contributed by atoms with Crippen LogP contribution >= 0.6 is 0 Å². The van der Waals surface area contributed by atoms with E-state index in [1.165, 1.54) is 29.5 Å². The van der Waals surface area contributed by atoms with Gasteiger partial charge in [-0.15, -0.1) is 0 Å². The second-order valence-electron chi connectivity index (χ2n) is 15.2. The Morgan fingerprint density at radius 2 is 1.88 bits per heavy atom. The Hall–Kier alpha value is -2.99. The van der Waals surface area contributed by atoms with Gasteiger partial charge in [-0.2, -0.15) is 5.10 Å². The number of aromatic nitrogens is 4. The minimum absolute atomic E-state index is 0.0827. The van der Waals surface area contributed by atoms with Crippen molar-refractivity contribution in [2.24, 2.45) is 17.3 Å². The maximum Gasteiger partial charge on any atom is 0.254 e. The summed E-state index contributed by atoms with van der Waals surface area (Å²) in [4.78, 5) is 21.3. The molecule has 2 aromatic heterocycles. The van der Waals surface area contributed by atoms with Crippen molar-refractivity contribution in [3.63, 3.8) is 0 Å². The van der Waals surface area contributed by atoms with Gasteiger partial charge < -0.3 is 0 Å². The first-order chi connectivity index (χ1) is 19.9. The maximum atomic E-state index is 13.5. The van der Waals surface area contributed by atoms with E-state index in [-0.39, 0.29) is 16.5 Å². The van der Waals surface area contributed by atoms with Crippen molar-refractivity contribution in [1.82, 2.24) is 24.2 Å². The van der Waals surface area contributed by atoms with Crippen molar-refractivity contribution in [1.29, 1.82) is 0 Å². The predicted octanol–water partition coefficient (Wildman–Crippen LogP) is 7.16. The fraction of sp³-hybridized carbons (Fsp3) is 0.583. The van der Waals surface area contributed by atoms with Crippen LogP contribution in [0.15, 0.2) is 47.5 Å². The molecule has 3 aromatic rings. The van der Waals surface area contributed by atoms with Crippen molar-refractivity contribution in [3.05, 3.63) is 75.7 Å². The lowest BCUT2D eigenvalue weighted by molar-refractivity contribution is 0.0155. The highest BCUT2D eigenvalue weighted by Gasteiger charge is 2.37. The maximum absolute atomic E-state index is 13.5. The van der Waals surface area contributed by atoms with Crippen LogP contribution in [0.25, 0.3) is 16.7 Å². The van der Waals surface area contributed by atoms with Crippen LogP contribution in [0.4, 0.5) is 0 Å². The molecule has 6 nitrogen and oxygen atoms in total. The molecule has 1 aliphatic carbocycles. The standard InChI is InChI=1S/C36H49N5O/c1-24(2)12-15-28-17-33-38-32(18-34(42)40(33)23-36(28,6)7)30-11-9-8-10-25-13-14-26(16-31(25)30)27-19-37-41(20-27)29-21-39(22-29)35(3,4)5/h11,13-14,16,18-20,24,28-29H,8-10,12,15,17,21-23H2,1-7H3. The topological polar surface area (TPSA) is 56.0 Å². The monoisotopic (exact) mass is 567 g/mol. The van der Waals surface area contributed by atoms with Gasteiger partial charge in [-0.1, -0.05) is 52.3 Å². The van der Waals surface area contributed by atoms with Crippen LogP contribution in [0.3, 0.4) is 0 Å². The number of allylic oxidation sites excluding steroid dienone is 1. The summed E-state index contributed by atoms with van der Waals surface area (Å²) in [6.45, 7) is 18.9. The minimum Gasteiger partial charge on any atom is -0.296 e. The van der Waals surface area contributed by atoms with E-state index in [2.05, 4.69) is 88.5 Å². The van der Waals surface area contributed by atoms with Gasteiger partial charge in [-0.25, -0.2) is 4.98 Å². The van der Waals surface area contributed by atoms with E-state index < -0.39 is 0 Å². The Balaban J connectivity index is 1.30. The van der Waals surface area contributed by atoms with Gasteiger partial charge in [0, 0.05) is 55.0 Å². The van der Waals surface area contributed by atoms with Crippen molar-refractivity contribution in [3.8, 4) is 11.1 Å². The summed E-state index contributed by atoms with van der Waals surface area (Å²) in [7, 11) is 0. The van der Waals surface area contributed by atoms with Crippen LogP contribution in [0.1, 0.15) is 103 Å². The summed E-state index contributed by atoms with van der Waals surface area (Å²) in [6, 6.07) is 9.04. The molecule has 42 heavy (non-hydrogen) atoms. The van der Waals surface area contributed by atoms with Crippen LogP contribution < -0.4 is 5.56 Å². The summed E-state index contributed by atoms with van der Waals surface area (Å²) in [5.74, 6) is 2.18. The molecule has 0 spiro atoms. The molecule has 0 radical (unpaired) electrons. The molecule has 2 aliphatic heterocycles. The van der Waals surface area contributed by atoms with E-state index in [0.717, 1.165) is 68.0 Å². The Morgan fingerprint density at radius 3 is 2.62 bits per heavy atom. The van der Waals surface area contributed by atoms with Gasteiger partial charge in [0.1, 0.15) is 5.82 Å². The number of hydrogen-bond acceptors (Lipinski definition) is 4. The molecule has 1 saturated heterocycles. The molecule has 1 unspecified atom stereocenters. The third kappa shape index (κ3) is 5.67. The Kier molecular flexibility index (Phi) is 7.57. The molecule has 0 saturated carbocycles. The van der Waals surface area contributed by atoms with Gasteiger partial charge in [0.2, 0.25) is 0 Å². The lowest BCUT2D eigenvalue weighted by Crippen LogP contribution is -2.56. The minimum atomic E-state index is 0.0827. The van der Waals surface area contributed by atoms with Gasteiger partial charge in [0.15, 0.2) is 0 Å². The molecule has 1 aromatic carbocycles. The van der Waals surface area contributed by atoms with Crippen molar-refractivity contribution in [2.75, 3.05) is 13.1 Å².